The molecule has 29 heavy (non-hydrogen) atoms. The number of aromatic nitrogens is 3. The topological polar surface area (TPSA) is 58.5 Å². The van der Waals surface area contributed by atoms with Gasteiger partial charge in [0.2, 0.25) is 5.95 Å². The van der Waals surface area contributed by atoms with Gasteiger partial charge in [0.05, 0.1) is 18.9 Å². The van der Waals surface area contributed by atoms with Crippen LogP contribution in [0.5, 0.6) is 0 Å². The van der Waals surface area contributed by atoms with Crippen LogP contribution >= 0.6 is 0 Å². The molecule has 7 nitrogen and oxygen atoms in total. The molecule has 150 valence electrons. The standard InChI is InChI=1S/C22H26N6O/c1-17-11-18(24-22-23-16-28(25-22)19-5-3-2-4-6-19)13-20(12-17)27-14-21(15-27)26-7-9-29-10-8-26/h2-6,11-13,16,21H,7-10,14-15H2,1H3,(H,24,25). The maximum absolute atomic E-state index is 5.47. The minimum Gasteiger partial charge on any atom is -0.379 e. The number of rotatable bonds is 5. The smallest absolute Gasteiger partial charge is 0.246 e. The van der Waals surface area contributed by atoms with Crippen LogP contribution in [0, 0.1) is 6.92 Å². The van der Waals surface area contributed by atoms with E-state index in [1.165, 1.54) is 11.3 Å². The predicted molar refractivity (Wildman–Crippen MR) is 114 cm³/mol. The molecule has 2 aliphatic heterocycles. The molecule has 0 unspecified atom stereocenters. The van der Waals surface area contributed by atoms with Crippen molar-refractivity contribution < 1.29 is 4.74 Å². The highest BCUT2D eigenvalue weighted by molar-refractivity contribution is 5.65. The minimum absolute atomic E-state index is 0.597. The van der Waals surface area contributed by atoms with Crippen molar-refractivity contribution in [3.8, 4) is 5.69 Å². The van der Waals surface area contributed by atoms with Gasteiger partial charge in [0.25, 0.3) is 0 Å². The van der Waals surface area contributed by atoms with Crippen LogP contribution in [0.15, 0.2) is 54.9 Å². The zero-order chi connectivity index (χ0) is 19.6. The summed E-state index contributed by atoms with van der Waals surface area (Å²) in [6.07, 6.45) is 1.73. The summed E-state index contributed by atoms with van der Waals surface area (Å²) >= 11 is 0. The SMILES string of the molecule is Cc1cc(Nc2ncn(-c3ccccc3)n2)cc(N2CC(N3CCOCC3)C2)c1. The lowest BCUT2D eigenvalue weighted by Gasteiger charge is -2.47. The van der Waals surface area contributed by atoms with Gasteiger partial charge < -0.3 is 15.0 Å². The largest absolute Gasteiger partial charge is 0.379 e. The van der Waals surface area contributed by atoms with Gasteiger partial charge in [-0.15, -0.1) is 5.10 Å². The van der Waals surface area contributed by atoms with E-state index in [1.807, 2.05) is 30.3 Å². The number of morpholine rings is 1. The number of nitrogens with one attached hydrogen (secondary N) is 1. The van der Waals surface area contributed by atoms with Crippen LogP contribution in [-0.2, 0) is 4.74 Å². The molecule has 3 aromatic rings. The third-order valence-electron chi connectivity index (χ3n) is 5.62. The van der Waals surface area contributed by atoms with E-state index in [4.69, 9.17) is 4.74 Å². The molecule has 1 aromatic heterocycles. The van der Waals surface area contributed by atoms with Crippen LogP contribution in [0.4, 0.5) is 17.3 Å². The number of ether oxygens (including phenoxy) is 1. The van der Waals surface area contributed by atoms with Crippen LogP contribution in [-0.4, -0.2) is 65.1 Å². The highest BCUT2D eigenvalue weighted by Gasteiger charge is 2.32. The number of hydrogen-bond donors (Lipinski definition) is 1. The Bertz CT molecular complexity index is 960. The molecule has 0 bridgehead atoms. The lowest BCUT2D eigenvalue weighted by molar-refractivity contribution is 0.0105. The van der Waals surface area contributed by atoms with Gasteiger partial charge >= 0.3 is 0 Å². The number of anilines is 3. The van der Waals surface area contributed by atoms with Crippen molar-refractivity contribution in [3.63, 3.8) is 0 Å². The Morgan fingerprint density at radius 3 is 2.59 bits per heavy atom. The van der Waals surface area contributed by atoms with Crippen LogP contribution in [0.2, 0.25) is 0 Å². The zero-order valence-electron chi connectivity index (χ0n) is 16.7. The zero-order valence-corrected chi connectivity index (χ0v) is 16.7. The predicted octanol–water partition coefficient (Wildman–Crippen LogP) is 2.84. The molecule has 0 spiro atoms. The van der Waals surface area contributed by atoms with E-state index in [1.54, 1.807) is 11.0 Å². The average molecular weight is 390 g/mol. The summed E-state index contributed by atoms with van der Waals surface area (Å²) < 4.78 is 7.25. The number of aryl methyl sites for hydroxylation is 1. The van der Waals surface area contributed by atoms with Gasteiger partial charge in [-0.1, -0.05) is 18.2 Å². The van der Waals surface area contributed by atoms with E-state index < -0.39 is 0 Å². The summed E-state index contributed by atoms with van der Waals surface area (Å²) in [7, 11) is 0. The van der Waals surface area contributed by atoms with Crippen LogP contribution in [0.25, 0.3) is 5.69 Å². The monoisotopic (exact) mass is 390 g/mol. The third kappa shape index (κ3) is 3.97. The Balaban J connectivity index is 1.26. The van der Waals surface area contributed by atoms with E-state index in [9.17, 15) is 0 Å². The average Bonchev–Trinajstić information content (AvgIpc) is 3.16. The molecule has 7 heteroatoms. The fourth-order valence-corrected chi connectivity index (χ4v) is 4.01. The molecule has 2 saturated heterocycles. The molecule has 2 fully saturated rings. The van der Waals surface area contributed by atoms with Gasteiger partial charge in [-0.3, -0.25) is 4.90 Å². The molecule has 0 atom stereocenters. The summed E-state index contributed by atoms with van der Waals surface area (Å²) in [5.41, 5.74) is 4.48. The summed E-state index contributed by atoms with van der Waals surface area (Å²) in [6.45, 7) is 8.09. The second kappa shape index (κ2) is 7.85. The molecular weight excluding hydrogens is 364 g/mol. The fraction of sp³-hybridized carbons (Fsp3) is 0.364. The Labute approximate surface area is 170 Å². The normalized spacial score (nSPS) is 17.9. The Kier molecular flexibility index (Phi) is 4.91. The lowest BCUT2D eigenvalue weighted by atomic mass is 10.0. The van der Waals surface area contributed by atoms with Crippen LogP contribution in [0.3, 0.4) is 0 Å². The molecule has 0 aliphatic carbocycles. The summed E-state index contributed by atoms with van der Waals surface area (Å²) in [5, 5.41) is 7.91. The van der Waals surface area contributed by atoms with E-state index in [2.05, 4.69) is 50.3 Å². The number of para-hydroxylation sites is 1. The van der Waals surface area contributed by atoms with Gasteiger partial charge in [-0.25, -0.2) is 4.68 Å². The van der Waals surface area contributed by atoms with Crippen LogP contribution in [0.1, 0.15) is 5.56 Å². The summed E-state index contributed by atoms with van der Waals surface area (Å²) in [6, 6.07) is 17.2. The second-order valence-electron chi connectivity index (χ2n) is 7.74. The first kappa shape index (κ1) is 18.1. The molecule has 5 rings (SSSR count). The Morgan fingerprint density at radius 2 is 1.79 bits per heavy atom. The Hall–Kier alpha value is -2.90. The maximum Gasteiger partial charge on any atom is 0.246 e. The van der Waals surface area contributed by atoms with E-state index in [-0.39, 0.29) is 0 Å². The first-order valence-electron chi connectivity index (χ1n) is 10.2. The maximum atomic E-state index is 5.47. The summed E-state index contributed by atoms with van der Waals surface area (Å²) in [4.78, 5) is 9.40. The molecule has 0 saturated carbocycles. The highest BCUT2D eigenvalue weighted by atomic mass is 16.5. The number of benzene rings is 2. The van der Waals surface area contributed by atoms with E-state index in [0.29, 0.717) is 12.0 Å². The quantitative estimate of drug-likeness (QED) is 0.723. The van der Waals surface area contributed by atoms with Crippen molar-refractivity contribution in [1.29, 1.82) is 0 Å². The lowest BCUT2D eigenvalue weighted by Crippen LogP contribution is -2.61. The van der Waals surface area contributed by atoms with Crippen molar-refractivity contribution in [2.24, 2.45) is 0 Å². The van der Waals surface area contributed by atoms with Crippen LogP contribution < -0.4 is 10.2 Å². The van der Waals surface area contributed by atoms with Gasteiger partial charge in [-0.2, -0.15) is 4.98 Å². The molecule has 0 amide bonds. The van der Waals surface area contributed by atoms with Crippen molar-refractivity contribution in [3.05, 3.63) is 60.4 Å². The van der Waals surface area contributed by atoms with Gasteiger partial charge in [0.1, 0.15) is 6.33 Å². The summed E-state index contributed by atoms with van der Waals surface area (Å²) in [5.74, 6) is 0.597. The highest BCUT2D eigenvalue weighted by Crippen LogP contribution is 2.29. The first-order valence-corrected chi connectivity index (χ1v) is 10.2. The minimum atomic E-state index is 0.597. The van der Waals surface area contributed by atoms with Crippen molar-refractivity contribution in [1.82, 2.24) is 19.7 Å². The van der Waals surface area contributed by atoms with E-state index >= 15 is 0 Å². The van der Waals surface area contributed by atoms with E-state index in [0.717, 1.165) is 50.8 Å². The molecule has 2 aliphatic rings. The molecular formula is C22H26N6O. The molecule has 3 heterocycles. The van der Waals surface area contributed by atoms with Gasteiger partial charge in [0, 0.05) is 43.6 Å². The molecule has 2 aromatic carbocycles. The Morgan fingerprint density at radius 1 is 1.00 bits per heavy atom. The molecule has 0 radical (unpaired) electrons. The number of nitrogens with zero attached hydrogens (tertiary/aromatic N) is 5. The van der Waals surface area contributed by atoms with Crippen molar-refractivity contribution in [2.45, 2.75) is 13.0 Å². The third-order valence-corrected chi connectivity index (χ3v) is 5.62. The second-order valence-corrected chi connectivity index (χ2v) is 7.74. The van der Waals surface area contributed by atoms with Gasteiger partial charge in [-0.05, 0) is 42.8 Å². The van der Waals surface area contributed by atoms with Gasteiger partial charge in [0.15, 0.2) is 0 Å². The van der Waals surface area contributed by atoms with Crippen molar-refractivity contribution >= 4 is 17.3 Å². The fourth-order valence-electron chi connectivity index (χ4n) is 4.01. The first-order chi connectivity index (χ1) is 14.2. The molecule has 1 N–H and O–H groups in total. The number of hydrogen-bond acceptors (Lipinski definition) is 6. The van der Waals surface area contributed by atoms with Crippen molar-refractivity contribution in [2.75, 3.05) is 49.6 Å².